The van der Waals surface area contributed by atoms with E-state index in [1.165, 1.54) is 17.5 Å². The minimum Gasteiger partial charge on any atom is -0.345 e. The smallest absolute Gasteiger partial charge is 0.218 e. The Labute approximate surface area is 102 Å². The Balaban J connectivity index is 2.30. The van der Waals surface area contributed by atoms with Crippen LogP contribution in [0, 0.1) is 0 Å². The van der Waals surface area contributed by atoms with Gasteiger partial charge in [0.25, 0.3) is 0 Å². The van der Waals surface area contributed by atoms with Crippen molar-refractivity contribution in [2.45, 2.75) is 9.10 Å². The maximum atomic E-state index is 12.3. The molecule has 0 saturated carbocycles. The molecule has 1 N–H and O–H groups in total. The maximum absolute atomic E-state index is 12.3. The van der Waals surface area contributed by atoms with E-state index in [1.807, 2.05) is 0 Å². The molecule has 0 fully saturated rings. The van der Waals surface area contributed by atoms with Crippen molar-refractivity contribution in [2.24, 2.45) is 0 Å². The van der Waals surface area contributed by atoms with E-state index in [1.54, 1.807) is 35.8 Å². The molecule has 0 aliphatic heterocycles. The van der Waals surface area contributed by atoms with Gasteiger partial charge in [-0.25, -0.2) is 13.4 Å². The molecule has 3 aromatic heterocycles. The van der Waals surface area contributed by atoms with Crippen molar-refractivity contribution < 1.29 is 8.42 Å². The molecule has 0 saturated heterocycles. The number of hydrogen-bond donors (Lipinski definition) is 1. The first kappa shape index (κ1) is 10.5. The SMILES string of the molecule is O=S(=O)(c1cccs1)c1c[nH]c2ncccc12. The lowest BCUT2D eigenvalue weighted by Crippen LogP contribution is -1.98. The molecule has 3 aromatic rings. The van der Waals surface area contributed by atoms with Crippen LogP contribution in [0.1, 0.15) is 0 Å². The number of hydrogen-bond acceptors (Lipinski definition) is 4. The van der Waals surface area contributed by atoms with E-state index in [0.29, 0.717) is 15.2 Å². The predicted octanol–water partition coefficient (Wildman–Crippen LogP) is 2.46. The lowest BCUT2D eigenvalue weighted by molar-refractivity contribution is 0.599. The van der Waals surface area contributed by atoms with Crippen molar-refractivity contribution in [1.82, 2.24) is 9.97 Å². The number of pyridine rings is 1. The molecule has 0 spiro atoms. The summed E-state index contributed by atoms with van der Waals surface area (Å²) >= 11 is 1.21. The first-order valence-electron chi connectivity index (χ1n) is 4.90. The summed E-state index contributed by atoms with van der Waals surface area (Å²) in [5, 5.41) is 2.38. The van der Waals surface area contributed by atoms with Gasteiger partial charge in [-0.3, -0.25) is 0 Å². The Morgan fingerprint density at radius 2 is 2.12 bits per heavy atom. The van der Waals surface area contributed by atoms with Crippen molar-refractivity contribution in [1.29, 1.82) is 0 Å². The van der Waals surface area contributed by atoms with Gasteiger partial charge in [-0.2, -0.15) is 0 Å². The average Bonchev–Trinajstić information content (AvgIpc) is 2.99. The van der Waals surface area contributed by atoms with E-state index in [-0.39, 0.29) is 4.90 Å². The molecule has 0 aliphatic rings. The number of aromatic nitrogens is 2. The Hall–Kier alpha value is -1.66. The number of nitrogens with zero attached hydrogens (tertiary/aromatic N) is 1. The quantitative estimate of drug-likeness (QED) is 0.773. The zero-order chi connectivity index (χ0) is 11.9. The molecule has 6 heteroatoms. The van der Waals surface area contributed by atoms with Crippen molar-refractivity contribution in [3.05, 3.63) is 42.0 Å². The number of nitrogens with one attached hydrogen (secondary N) is 1. The molecule has 0 aliphatic carbocycles. The van der Waals surface area contributed by atoms with Crippen LogP contribution in [0.15, 0.2) is 51.1 Å². The molecule has 17 heavy (non-hydrogen) atoms. The fourth-order valence-electron chi connectivity index (χ4n) is 1.68. The second-order valence-corrected chi connectivity index (χ2v) is 6.58. The molecular formula is C11H8N2O2S2. The molecule has 0 atom stereocenters. The topological polar surface area (TPSA) is 62.8 Å². The highest BCUT2D eigenvalue weighted by molar-refractivity contribution is 7.93. The van der Waals surface area contributed by atoms with E-state index in [0.717, 1.165) is 0 Å². The Morgan fingerprint density at radius 3 is 2.88 bits per heavy atom. The van der Waals surface area contributed by atoms with Crippen LogP contribution < -0.4 is 0 Å². The molecule has 0 bridgehead atoms. The molecule has 86 valence electrons. The number of rotatable bonds is 2. The van der Waals surface area contributed by atoms with Gasteiger partial charge in [-0.1, -0.05) is 6.07 Å². The highest BCUT2D eigenvalue weighted by atomic mass is 32.2. The van der Waals surface area contributed by atoms with Gasteiger partial charge in [0.15, 0.2) is 0 Å². The van der Waals surface area contributed by atoms with Crippen LogP contribution in [0.25, 0.3) is 11.0 Å². The van der Waals surface area contributed by atoms with E-state index in [2.05, 4.69) is 9.97 Å². The summed E-state index contributed by atoms with van der Waals surface area (Å²) in [6.45, 7) is 0. The minimum absolute atomic E-state index is 0.281. The van der Waals surface area contributed by atoms with E-state index in [4.69, 9.17) is 0 Å². The van der Waals surface area contributed by atoms with Gasteiger partial charge in [0, 0.05) is 17.8 Å². The summed E-state index contributed by atoms with van der Waals surface area (Å²) in [7, 11) is -3.43. The van der Waals surface area contributed by atoms with Gasteiger partial charge in [0.1, 0.15) is 9.86 Å². The lowest BCUT2D eigenvalue weighted by Gasteiger charge is -1.98. The second kappa shape index (κ2) is 3.68. The molecule has 4 nitrogen and oxygen atoms in total. The highest BCUT2D eigenvalue weighted by Crippen LogP contribution is 2.29. The third kappa shape index (κ3) is 1.57. The molecule has 0 radical (unpaired) electrons. The third-order valence-corrected chi connectivity index (χ3v) is 5.65. The summed E-state index contributed by atoms with van der Waals surface area (Å²) in [4.78, 5) is 7.23. The fourth-order valence-corrected chi connectivity index (χ4v) is 4.21. The summed E-state index contributed by atoms with van der Waals surface area (Å²) in [6.07, 6.45) is 3.12. The molecule has 3 heterocycles. The largest absolute Gasteiger partial charge is 0.345 e. The predicted molar refractivity (Wildman–Crippen MR) is 65.9 cm³/mol. The minimum atomic E-state index is -3.43. The van der Waals surface area contributed by atoms with Crippen molar-refractivity contribution in [3.8, 4) is 0 Å². The third-order valence-electron chi connectivity index (χ3n) is 2.46. The van der Waals surface area contributed by atoms with Gasteiger partial charge in [0.05, 0.1) is 4.90 Å². The van der Waals surface area contributed by atoms with Crippen LogP contribution >= 0.6 is 11.3 Å². The van der Waals surface area contributed by atoms with Crippen LogP contribution in [-0.2, 0) is 9.84 Å². The van der Waals surface area contributed by atoms with Crippen LogP contribution in [0.5, 0.6) is 0 Å². The van der Waals surface area contributed by atoms with Crippen LogP contribution in [0.3, 0.4) is 0 Å². The maximum Gasteiger partial charge on any atom is 0.218 e. The van der Waals surface area contributed by atoms with E-state index >= 15 is 0 Å². The highest BCUT2D eigenvalue weighted by Gasteiger charge is 2.22. The molecule has 0 aromatic carbocycles. The summed E-state index contributed by atoms with van der Waals surface area (Å²) in [5.74, 6) is 0. The van der Waals surface area contributed by atoms with Gasteiger partial charge >= 0.3 is 0 Å². The fraction of sp³-hybridized carbons (Fsp3) is 0. The van der Waals surface area contributed by atoms with Gasteiger partial charge in [-0.15, -0.1) is 11.3 Å². The Morgan fingerprint density at radius 1 is 1.24 bits per heavy atom. The van der Waals surface area contributed by atoms with Crippen LogP contribution in [0.2, 0.25) is 0 Å². The second-order valence-electron chi connectivity index (χ2n) is 3.49. The van der Waals surface area contributed by atoms with Gasteiger partial charge in [-0.05, 0) is 23.6 Å². The van der Waals surface area contributed by atoms with Gasteiger partial charge in [0.2, 0.25) is 9.84 Å². The molecule has 0 amide bonds. The van der Waals surface area contributed by atoms with Crippen LogP contribution in [0.4, 0.5) is 0 Å². The lowest BCUT2D eigenvalue weighted by atomic mass is 10.3. The van der Waals surface area contributed by atoms with Crippen molar-refractivity contribution in [2.75, 3.05) is 0 Å². The summed E-state index contributed by atoms with van der Waals surface area (Å²) in [6, 6.07) is 6.81. The zero-order valence-electron chi connectivity index (χ0n) is 8.62. The number of thiophene rings is 1. The number of H-pyrrole nitrogens is 1. The van der Waals surface area contributed by atoms with Crippen LogP contribution in [-0.4, -0.2) is 18.4 Å². The Kier molecular flexibility index (Phi) is 2.27. The first-order chi connectivity index (χ1) is 8.19. The number of sulfone groups is 1. The zero-order valence-corrected chi connectivity index (χ0v) is 10.3. The van der Waals surface area contributed by atoms with Gasteiger partial charge < -0.3 is 4.98 Å². The molecule has 0 unspecified atom stereocenters. The number of aromatic amines is 1. The van der Waals surface area contributed by atoms with E-state index in [9.17, 15) is 8.42 Å². The first-order valence-corrected chi connectivity index (χ1v) is 7.26. The Bertz CT molecular complexity index is 758. The number of fused-ring (bicyclic) bond motifs is 1. The summed E-state index contributed by atoms with van der Waals surface area (Å²) < 4.78 is 25.0. The molecular weight excluding hydrogens is 256 g/mol. The standard InChI is InChI=1S/C11H8N2O2S2/c14-17(15,10-4-2-6-16-10)9-7-13-11-8(9)3-1-5-12-11/h1-7H,(H,12,13). The molecule has 3 rings (SSSR count). The van der Waals surface area contributed by atoms with Crippen molar-refractivity contribution in [3.63, 3.8) is 0 Å². The monoisotopic (exact) mass is 264 g/mol. The van der Waals surface area contributed by atoms with E-state index < -0.39 is 9.84 Å². The summed E-state index contributed by atoms with van der Waals surface area (Å²) in [5.41, 5.74) is 0.586. The normalized spacial score (nSPS) is 12.0. The average molecular weight is 264 g/mol. The van der Waals surface area contributed by atoms with Crippen molar-refractivity contribution >= 4 is 32.2 Å².